The number of hydrogen-bond acceptors (Lipinski definition) is 7. The number of piperidine rings is 2. The van der Waals surface area contributed by atoms with Crippen molar-refractivity contribution in [2.45, 2.75) is 38.1 Å². The Morgan fingerprint density at radius 1 is 0.969 bits per heavy atom. The summed E-state index contributed by atoms with van der Waals surface area (Å²) in [6.07, 6.45) is -1.74. The van der Waals surface area contributed by atoms with Crippen molar-refractivity contribution in [3.63, 3.8) is 0 Å². The molecule has 5 rings (SSSR count). The van der Waals surface area contributed by atoms with Gasteiger partial charge in [0.15, 0.2) is 11.9 Å². The summed E-state index contributed by atoms with van der Waals surface area (Å²) in [6.45, 7) is 3.80. The molecule has 32 heavy (non-hydrogen) atoms. The van der Waals surface area contributed by atoms with Crippen molar-refractivity contribution >= 4 is 17.4 Å². The van der Waals surface area contributed by atoms with Crippen LogP contribution in [0.15, 0.2) is 12.1 Å². The van der Waals surface area contributed by atoms with E-state index in [9.17, 15) is 18.0 Å². The molecule has 0 spiro atoms. The van der Waals surface area contributed by atoms with Crippen LogP contribution < -0.4 is 4.90 Å². The summed E-state index contributed by atoms with van der Waals surface area (Å²) in [5.74, 6) is -0.296. The van der Waals surface area contributed by atoms with Crippen LogP contribution in [0.3, 0.4) is 0 Å². The lowest BCUT2D eigenvalue weighted by Gasteiger charge is -2.38. The van der Waals surface area contributed by atoms with Gasteiger partial charge >= 0.3 is 6.18 Å². The number of amides is 1. The highest BCUT2D eigenvalue weighted by Crippen LogP contribution is 2.30. The quantitative estimate of drug-likeness (QED) is 0.701. The number of anilines is 1. The fourth-order valence-corrected chi connectivity index (χ4v) is 4.78. The first-order valence-electron chi connectivity index (χ1n) is 11.0. The van der Waals surface area contributed by atoms with Crippen molar-refractivity contribution in [1.29, 1.82) is 0 Å². The van der Waals surface area contributed by atoms with Crippen LogP contribution in [0.5, 0.6) is 0 Å². The van der Waals surface area contributed by atoms with Gasteiger partial charge < -0.3 is 19.3 Å². The molecule has 0 aromatic carbocycles. The Balaban J connectivity index is 1.18. The van der Waals surface area contributed by atoms with E-state index in [0.717, 1.165) is 17.4 Å². The molecule has 0 saturated carbocycles. The minimum absolute atomic E-state index is 0.0444. The largest absolute Gasteiger partial charge is 0.453 e. The number of halogens is 3. The first-order valence-corrected chi connectivity index (χ1v) is 11.0. The first-order chi connectivity index (χ1) is 15.4. The lowest BCUT2D eigenvalue weighted by atomic mass is 9.91. The average molecular weight is 454 g/mol. The highest BCUT2D eigenvalue weighted by molar-refractivity contribution is 5.79. The predicted molar refractivity (Wildman–Crippen MR) is 106 cm³/mol. The fraction of sp³-hybridized carbons (Fsp3) is 0.700. The molecule has 0 radical (unpaired) electrons. The third kappa shape index (κ3) is 4.13. The van der Waals surface area contributed by atoms with E-state index in [0.29, 0.717) is 64.0 Å². The molecular weight excluding hydrogens is 429 g/mol. The van der Waals surface area contributed by atoms with Crippen molar-refractivity contribution in [3.8, 4) is 0 Å². The predicted octanol–water partition coefficient (Wildman–Crippen LogP) is 1.97. The Morgan fingerprint density at radius 2 is 1.66 bits per heavy atom. The van der Waals surface area contributed by atoms with Gasteiger partial charge in [-0.2, -0.15) is 17.7 Å². The highest BCUT2D eigenvalue weighted by Gasteiger charge is 2.38. The number of hydrogen-bond donors (Lipinski definition) is 0. The molecular formula is C20H25F3N6O3. The smallest absolute Gasteiger partial charge is 0.355 e. The molecule has 12 heteroatoms. The summed E-state index contributed by atoms with van der Waals surface area (Å²) in [5.41, 5.74) is 0.0444. The van der Waals surface area contributed by atoms with Crippen LogP contribution in [0.2, 0.25) is 0 Å². The summed E-state index contributed by atoms with van der Waals surface area (Å²) < 4.78 is 51.3. The van der Waals surface area contributed by atoms with E-state index in [1.54, 1.807) is 6.07 Å². The van der Waals surface area contributed by atoms with Gasteiger partial charge in [-0.3, -0.25) is 4.79 Å². The molecule has 0 N–H and O–H groups in total. The molecule has 174 valence electrons. The third-order valence-corrected chi connectivity index (χ3v) is 6.55. The van der Waals surface area contributed by atoms with Gasteiger partial charge in [-0.1, -0.05) is 0 Å². The van der Waals surface area contributed by atoms with E-state index in [1.807, 2.05) is 9.80 Å². The lowest BCUT2D eigenvalue weighted by molar-refractivity contribution is -0.146. The van der Waals surface area contributed by atoms with Gasteiger partial charge in [0.25, 0.3) is 5.82 Å². The van der Waals surface area contributed by atoms with E-state index in [2.05, 4.69) is 15.3 Å². The highest BCUT2D eigenvalue weighted by atomic mass is 19.4. The second kappa shape index (κ2) is 8.47. The summed E-state index contributed by atoms with van der Waals surface area (Å²) in [6, 6.07) is 3.12. The molecule has 0 atom stereocenters. The maximum atomic E-state index is 13.1. The van der Waals surface area contributed by atoms with Gasteiger partial charge in [0, 0.05) is 38.0 Å². The van der Waals surface area contributed by atoms with Crippen LogP contribution in [0.25, 0.3) is 5.65 Å². The molecule has 0 unspecified atom stereocenters. The lowest BCUT2D eigenvalue weighted by Crippen LogP contribution is -2.46. The van der Waals surface area contributed by atoms with Crippen molar-refractivity contribution in [3.05, 3.63) is 18.0 Å². The zero-order chi connectivity index (χ0) is 22.3. The fourth-order valence-electron chi connectivity index (χ4n) is 4.78. The molecule has 2 aromatic rings. The number of aromatic nitrogens is 4. The Bertz CT molecular complexity index is 961. The number of carbonyl (C=O) groups is 1. The third-order valence-electron chi connectivity index (χ3n) is 6.55. The summed E-state index contributed by atoms with van der Waals surface area (Å²) in [5, 5.41) is 10.9. The summed E-state index contributed by atoms with van der Waals surface area (Å²) in [7, 11) is 0. The zero-order valence-corrected chi connectivity index (χ0v) is 17.5. The van der Waals surface area contributed by atoms with E-state index < -0.39 is 12.0 Å². The number of alkyl halides is 3. The number of ether oxygens (including phenoxy) is 2. The Kier molecular flexibility index (Phi) is 5.66. The van der Waals surface area contributed by atoms with Crippen molar-refractivity contribution in [1.82, 2.24) is 24.7 Å². The molecule has 3 fully saturated rings. The second-order valence-electron chi connectivity index (χ2n) is 8.52. The van der Waals surface area contributed by atoms with Crippen LogP contribution in [0.4, 0.5) is 19.0 Å². The monoisotopic (exact) mass is 454 g/mol. The zero-order valence-electron chi connectivity index (χ0n) is 17.5. The number of likely N-dealkylation sites (tertiary alicyclic amines) is 1. The first kappa shape index (κ1) is 21.4. The van der Waals surface area contributed by atoms with Crippen LogP contribution in [0, 0.1) is 11.8 Å². The van der Waals surface area contributed by atoms with E-state index in [1.165, 1.54) is 6.07 Å². The minimum atomic E-state index is -4.63. The topological polar surface area (TPSA) is 85.1 Å². The van der Waals surface area contributed by atoms with Crippen LogP contribution in [-0.4, -0.2) is 76.3 Å². The van der Waals surface area contributed by atoms with Gasteiger partial charge in [0.2, 0.25) is 5.91 Å². The number of rotatable bonds is 3. The maximum Gasteiger partial charge on any atom is 0.453 e. The molecule has 3 aliphatic rings. The molecule has 5 heterocycles. The second-order valence-corrected chi connectivity index (χ2v) is 8.52. The number of nitrogens with zero attached hydrogens (tertiary/aromatic N) is 6. The van der Waals surface area contributed by atoms with Gasteiger partial charge in [-0.05, 0) is 37.8 Å². The van der Waals surface area contributed by atoms with Gasteiger partial charge in [-0.15, -0.1) is 15.3 Å². The maximum absolute atomic E-state index is 13.1. The summed E-state index contributed by atoms with van der Waals surface area (Å²) >= 11 is 0. The van der Waals surface area contributed by atoms with Crippen LogP contribution >= 0.6 is 0 Å². The molecule has 1 amide bonds. The van der Waals surface area contributed by atoms with Crippen molar-refractivity contribution < 1.29 is 27.4 Å². The molecule has 2 aromatic heterocycles. The molecule has 0 bridgehead atoms. The molecule has 0 aliphatic carbocycles. The number of fused-ring (bicyclic) bond motifs is 1. The van der Waals surface area contributed by atoms with Crippen molar-refractivity contribution in [2.24, 2.45) is 11.8 Å². The van der Waals surface area contributed by atoms with Gasteiger partial charge in [0.05, 0.1) is 13.2 Å². The minimum Gasteiger partial charge on any atom is -0.355 e. The van der Waals surface area contributed by atoms with Crippen LogP contribution in [-0.2, 0) is 20.4 Å². The normalized spacial score (nSPS) is 22.2. The van der Waals surface area contributed by atoms with Crippen LogP contribution in [0.1, 0.15) is 31.5 Å². The molecule has 9 nitrogen and oxygen atoms in total. The Labute approximate surface area is 182 Å². The van der Waals surface area contributed by atoms with E-state index in [-0.39, 0.29) is 23.8 Å². The van der Waals surface area contributed by atoms with Crippen molar-refractivity contribution in [2.75, 3.05) is 44.3 Å². The molecule has 3 saturated heterocycles. The van der Waals surface area contributed by atoms with E-state index in [4.69, 9.17) is 9.47 Å². The van der Waals surface area contributed by atoms with E-state index >= 15 is 0 Å². The average Bonchev–Trinajstić information content (AvgIpc) is 3.48. The SMILES string of the molecule is O=C(C1CCN(c2ccc3nnc(C(F)(F)F)n3n2)CC1)N1CCC(C2OCCO2)CC1. The van der Waals surface area contributed by atoms with Gasteiger partial charge in [0.1, 0.15) is 5.82 Å². The Hall–Kier alpha value is -2.47. The molecule has 3 aliphatic heterocycles. The Morgan fingerprint density at radius 3 is 2.31 bits per heavy atom. The summed E-state index contributed by atoms with van der Waals surface area (Å²) in [4.78, 5) is 16.8. The van der Waals surface area contributed by atoms with Gasteiger partial charge in [-0.25, -0.2) is 0 Å². The number of carbonyl (C=O) groups excluding carboxylic acids is 1. The standard InChI is InChI=1S/C20H25F3N6O3/c21-20(22,23)19-25-24-15-1-2-16(26-29(15)19)27-7-3-13(4-8-27)17(30)28-9-5-14(6-10-28)18-31-11-12-32-18/h1-2,13-14,18H,3-12H2.